The maximum absolute atomic E-state index is 11.6. The lowest BCUT2D eigenvalue weighted by molar-refractivity contribution is -0.152. The first kappa shape index (κ1) is 20.4. The Morgan fingerprint density at radius 2 is 2.00 bits per heavy atom. The zero-order valence-corrected chi connectivity index (χ0v) is 16.4. The van der Waals surface area contributed by atoms with E-state index in [0.29, 0.717) is 0 Å². The van der Waals surface area contributed by atoms with E-state index < -0.39 is 5.60 Å². The Labute approximate surface area is 147 Å². The highest BCUT2D eigenvalue weighted by atomic mass is 16.6. The van der Waals surface area contributed by atoms with Crippen LogP contribution in [0.1, 0.15) is 67.7 Å². The molecule has 0 radical (unpaired) electrons. The molecular weight excluding hydrogens is 298 g/mol. The van der Waals surface area contributed by atoms with Crippen molar-refractivity contribution in [3.8, 4) is 0 Å². The molecule has 3 nitrogen and oxygen atoms in total. The Morgan fingerprint density at radius 3 is 2.58 bits per heavy atom. The lowest BCUT2D eigenvalue weighted by atomic mass is 9.72. The molecule has 3 heteroatoms. The van der Waals surface area contributed by atoms with Crippen molar-refractivity contribution in [1.82, 2.24) is 0 Å². The van der Waals surface area contributed by atoms with Crippen LogP contribution in [-0.2, 0) is 9.53 Å². The molecule has 0 amide bonds. The molecule has 0 saturated heterocycles. The van der Waals surface area contributed by atoms with Crippen molar-refractivity contribution in [2.75, 3.05) is 6.54 Å². The molecule has 1 aliphatic carbocycles. The van der Waals surface area contributed by atoms with Crippen LogP contribution in [0.5, 0.6) is 0 Å². The van der Waals surface area contributed by atoms with Crippen LogP contribution >= 0.6 is 0 Å². The van der Waals surface area contributed by atoms with Gasteiger partial charge in [-0.25, -0.2) is 0 Å². The number of carbonyl (C=O) groups is 1. The molecule has 24 heavy (non-hydrogen) atoms. The van der Waals surface area contributed by atoms with Crippen molar-refractivity contribution in [2.24, 2.45) is 10.4 Å². The maximum atomic E-state index is 11.6. The van der Waals surface area contributed by atoms with Gasteiger partial charge in [0.1, 0.15) is 12.1 Å². The number of ether oxygens (including phenoxy) is 1. The minimum absolute atomic E-state index is 0.0576. The number of rotatable bonds is 5. The molecule has 0 aliphatic heterocycles. The van der Waals surface area contributed by atoms with E-state index in [4.69, 9.17) is 4.74 Å². The Balaban J connectivity index is 2.61. The summed E-state index contributed by atoms with van der Waals surface area (Å²) >= 11 is 0. The lowest BCUT2D eigenvalue weighted by Gasteiger charge is -2.32. The van der Waals surface area contributed by atoms with Gasteiger partial charge in [-0.3, -0.25) is 9.79 Å². The molecule has 0 N–H and O–H groups in total. The van der Waals surface area contributed by atoms with Gasteiger partial charge in [0.2, 0.25) is 0 Å². The summed E-state index contributed by atoms with van der Waals surface area (Å²) in [4.78, 5) is 15.7. The first-order valence-electron chi connectivity index (χ1n) is 8.78. The number of hydrogen-bond donors (Lipinski definition) is 0. The molecule has 0 spiro atoms. The molecule has 0 heterocycles. The molecule has 1 rings (SSSR count). The van der Waals surface area contributed by atoms with Crippen LogP contribution in [0, 0.1) is 5.41 Å². The molecule has 0 saturated carbocycles. The second-order valence-electron chi connectivity index (χ2n) is 8.25. The normalized spacial score (nSPS) is 19.4. The van der Waals surface area contributed by atoms with Gasteiger partial charge in [0.15, 0.2) is 0 Å². The van der Waals surface area contributed by atoms with Crippen molar-refractivity contribution >= 4 is 12.2 Å². The minimum Gasteiger partial charge on any atom is -0.459 e. The Morgan fingerprint density at radius 1 is 1.33 bits per heavy atom. The molecule has 1 aliphatic rings. The highest BCUT2D eigenvalue weighted by Crippen LogP contribution is 2.40. The van der Waals surface area contributed by atoms with Crippen molar-refractivity contribution in [3.63, 3.8) is 0 Å². The second kappa shape index (κ2) is 8.46. The van der Waals surface area contributed by atoms with Gasteiger partial charge in [-0.2, -0.15) is 0 Å². The van der Waals surface area contributed by atoms with E-state index in [0.717, 1.165) is 5.57 Å². The van der Waals surface area contributed by atoms with Gasteiger partial charge in [0.05, 0.1) is 0 Å². The third kappa shape index (κ3) is 7.29. The lowest BCUT2D eigenvalue weighted by Crippen LogP contribution is -2.25. The first-order chi connectivity index (χ1) is 11.0. The standard InChI is InChI=1S/C21H33NO2/c1-16(12-14-22-15-19(23)24-20(3,4)5)10-11-18-17(2)9-8-13-21(18,6)7/h10-12,14H,8-9,13,15H2,1-7H3/b11-10+,16-12+,22-14?. The second-order valence-corrected chi connectivity index (χ2v) is 8.25. The van der Waals surface area contributed by atoms with Crippen LogP contribution in [-0.4, -0.2) is 24.3 Å². The third-order valence-electron chi connectivity index (χ3n) is 4.14. The highest BCUT2D eigenvalue weighted by Gasteiger charge is 2.26. The van der Waals surface area contributed by atoms with Crippen LogP contribution in [0.2, 0.25) is 0 Å². The van der Waals surface area contributed by atoms with Gasteiger partial charge in [-0.15, -0.1) is 0 Å². The summed E-state index contributed by atoms with van der Waals surface area (Å²) in [5.74, 6) is -0.301. The summed E-state index contributed by atoms with van der Waals surface area (Å²) in [5, 5.41) is 0. The molecule has 134 valence electrons. The number of nitrogens with zero attached hydrogens (tertiary/aromatic N) is 1. The zero-order valence-electron chi connectivity index (χ0n) is 16.4. The summed E-state index contributed by atoms with van der Waals surface area (Å²) in [5.41, 5.74) is 3.86. The average Bonchev–Trinajstić information content (AvgIpc) is 2.40. The van der Waals surface area contributed by atoms with Crippen LogP contribution in [0.4, 0.5) is 0 Å². The van der Waals surface area contributed by atoms with E-state index >= 15 is 0 Å². The topological polar surface area (TPSA) is 38.7 Å². The first-order valence-corrected chi connectivity index (χ1v) is 8.78. The van der Waals surface area contributed by atoms with Crippen LogP contribution in [0.15, 0.2) is 39.9 Å². The number of hydrogen-bond acceptors (Lipinski definition) is 3. The molecule has 0 aromatic carbocycles. The van der Waals surface area contributed by atoms with E-state index in [1.807, 2.05) is 33.8 Å². The summed E-state index contributed by atoms with van der Waals surface area (Å²) in [6.45, 7) is 14.5. The van der Waals surface area contributed by atoms with Crippen molar-refractivity contribution < 1.29 is 9.53 Å². The van der Waals surface area contributed by atoms with Gasteiger partial charge < -0.3 is 4.74 Å². The summed E-state index contributed by atoms with van der Waals surface area (Å²) < 4.78 is 5.21. The largest absolute Gasteiger partial charge is 0.459 e. The van der Waals surface area contributed by atoms with Crippen LogP contribution < -0.4 is 0 Å². The Hall–Kier alpha value is -1.64. The summed E-state index contributed by atoms with van der Waals surface area (Å²) in [6, 6.07) is 0. The van der Waals surface area contributed by atoms with Crippen molar-refractivity contribution in [3.05, 3.63) is 34.9 Å². The van der Waals surface area contributed by atoms with Gasteiger partial charge in [0.25, 0.3) is 0 Å². The van der Waals surface area contributed by atoms with Gasteiger partial charge >= 0.3 is 5.97 Å². The molecule has 0 aromatic heterocycles. The van der Waals surface area contributed by atoms with E-state index in [2.05, 4.69) is 37.9 Å². The number of esters is 1. The fraction of sp³-hybridized carbons (Fsp3) is 0.619. The fourth-order valence-electron chi connectivity index (χ4n) is 2.95. The third-order valence-corrected chi connectivity index (χ3v) is 4.14. The van der Waals surface area contributed by atoms with Crippen LogP contribution in [0.3, 0.4) is 0 Å². The molecular formula is C21H33NO2. The van der Waals surface area contributed by atoms with Gasteiger partial charge in [-0.1, -0.05) is 31.6 Å². The number of allylic oxidation sites excluding steroid dienone is 6. The van der Waals surface area contributed by atoms with E-state index in [-0.39, 0.29) is 17.9 Å². The average molecular weight is 332 g/mol. The summed E-state index contributed by atoms with van der Waals surface area (Å²) in [7, 11) is 0. The molecule has 0 fully saturated rings. The number of carbonyl (C=O) groups excluding carboxylic acids is 1. The van der Waals surface area contributed by atoms with E-state index in [1.165, 1.54) is 30.4 Å². The quantitative estimate of drug-likeness (QED) is 0.383. The Bertz CT molecular complexity index is 569. The Kier molecular flexibility index (Phi) is 7.19. The smallest absolute Gasteiger partial charge is 0.328 e. The highest BCUT2D eigenvalue weighted by molar-refractivity contribution is 5.78. The summed E-state index contributed by atoms with van der Waals surface area (Å²) in [6.07, 6.45) is 11.7. The van der Waals surface area contributed by atoms with Crippen LogP contribution in [0.25, 0.3) is 0 Å². The van der Waals surface area contributed by atoms with Crippen molar-refractivity contribution in [2.45, 2.75) is 73.3 Å². The van der Waals surface area contributed by atoms with E-state index in [1.54, 1.807) is 6.21 Å². The monoisotopic (exact) mass is 331 g/mol. The van der Waals surface area contributed by atoms with Crippen molar-refractivity contribution in [1.29, 1.82) is 0 Å². The SMILES string of the molecule is CC1=C(/C=C/C(C)=C/C=NCC(=O)OC(C)(C)C)C(C)(C)CCC1. The zero-order chi connectivity index (χ0) is 18.4. The predicted octanol–water partition coefficient (Wildman–Crippen LogP) is 5.43. The minimum atomic E-state index is -0.459. The predicted molar refractivity (Wildman–Crippen MR) is 102 cm³/mol. The molecule has 0 aromatic rings. The molecule has 0 bridgehead atoms. The molecule has 0 atom stereocenters. The fourth-order valence-corrected chi connectivity index (χ4v) is 2.95. The maximum Gasteiger partial charge on any atom is 0.328 e. The van der Waals surface area contributed by atoms with E-state index in [9.17, 15) is 4.79 Å². The van der Waals surface area contributed by atoms with Gasteiger partial charge in [-0.05, 0) is 76.5 Å². The molecule has 0 unspecified atom stereocenters. The van der Waals surface area contributed by atoms with Gasteiger partial charge in [0, 0.05) is 6.21 Å². The number of aliphatic imine (C=N–C) groups is 1.